The second-order valence-electron chi connectivity index (χ2n) is 12.9. The summed E-state index contributed by atoms with van der Waals surface area (Å²) in [5, 5.41) is 3.33. The standard InChI is InChI=1S/C38H41N5O3Si/c1-36(2,3)38(28-15-9-6-10-16-28,29-17-11-7-12-18-29)37(4,46-47)43-33-27(25-39-34(41-33)40-30-19-13-8-14-20-30)26-42(35(43)44)31-21-23-32(45-5)24-22-31/h6-25H,26H2,1-5,47H3,(H,39,40,41)/t37-/m1/s1. The number of nitrogens with zero attached hydrogens (tertiary/aromatic N) is 4. The van der Waals surface area contributed by atoms with Gasteiger partial charge in [-0.3, -0.25) is 4.90 Å². The highest BCUT2D eigenvalue weighted by Gasteiger charge is 2.63. The molecule has 1 atom stereocenters. The van der Waals surface area contributed by atoms with E-state index in [-0.39, 0.29) is 6.03 Å². The first-order chi connectivity index (χ1) is 22.6. The zero-order valence-corrected chi connectivity index (χ0v) is 29.8. The lowest BCUT2D eigenvalue weighted by Gasteiger charge is -2.60. The Balaban J connectivity index is 1.63. The van der Waals surface area contributed by atoms with E-state index in [2.05, 4.69) is 50.4 Å². The van der Waals surface area contributed by atoms with E-state index in [0.717, 1.165) is 28.1 Å². The summed E-state index contributed by atoms with van der Waals surface area (Å²) < 4.78 is 12.3. The molecular formula is C38H41N5O3Si. The van der Waals surface area contributed by atoms with Gasteiger partial charge in [-0.05, 0) is 59.9 Å². The summed E-state index contributed by atoms with van der Waals surface area (Å²) >= 11 is 0. The average Bonchev–Trinajstić information content (AvgIpc) is 3.09. The van der Waals surface area contributed by atoms with Gasteiger partial charge >= 0.3 is 6.03 Å². The van der Waals surface area contributed by atoms with Gasteiger partial charge in [0.05, 0.1) is 19.1 Å². The number of urea groups is 1. The summed E-state index contributed by atoms with van der Waals surface area (Å²) in [4.78, 5) is 28.5. The van der Waals surface area contributed by atoms with Crippen LogP contribution in [0.15, 0.2) is 121 Å². The number of carbonyl (C=O) groups excluding carboxylic acids is 1. The van der Waals surface area contributed by atoms with Crippen molar-refractivity contribution in [2.45, 2.75) is 45.4 Å². The van der Waals surface area contributed by atoms with Crippen LogP contribution < -0.4 is 19.9 Å². The highest BCUT2D eigenvalue weighted by atomic mass is 28.2. The Kier molecular flexibility index (Phi) is 8.61. The van der Waals surface area contributed by atoms with E-state index in [1.807, 2.05) is 97.9 Å². The van der Waals surface area contributed by atoms with Gasteiger partial charge in [0.1, 0.15) is 22.1 Å². The van der Waals surface area contributed by atoms with Crippen LogP contribution in [0.2, 0.25) is 0 Å². The van der Waals surface area contributed by atoms with Crippen LogP contribution in [0.1, 0.15) is 44.4 Å². The number of para-hydroxylation sites is 1. The molecule has 0 radical (unpaired) electrons. The normalized spacial score (nSPS) is 14.8. The third-order valence-electron chi connectivity index (χ3n) is 9.28. The Morgan fingerprint density at radius 2 is 1.34 bits per heavy atom. The fraction of sp³-hybridized carbons (Fsp3) is 0.237. The fourth-order valence-electron chi connectivity index (χ4n) is 7.26. The van der Waals surface area contributed by atoms with Crippen molar-refractivity contribution in [2.75, 3.05) is 22.2 Å². The number of nitrogens with one attached hydrogen (secondary N) is 1. The minimum absolute atomic E-state index is 0.245. The Hall–Kier alpha value is -4.99. The van der Waals surface area contributed by atoms with E-state index in [9.17, 15) is 0 Å². The minimum Gasteiger partial charge on any atom is -0.497 e. The number of hydrogen-bond donors (Lipinski definition) is 1. The van der Waals surface area contributed by atoms with Gasteiger partial charge in [0.25, 0.3) is 0 Å². The molecule has 0 bridgehead atoms. The van der Waals surface area contributed by atoms with E-state index in [4.69, 9.17) is 19.1 Å². The second-order valence-corrected chi connectivity index (χ2v) is 13.3. The van der Waals surface area contributed by atoms with Gasteiger partial charge in [-0.1, -0.05) is 99.6 Å². The van der Waals surface area contributed by atoms with Gasteiger partial charge in [-0.15, -0.1) is 0 Å². The van der Waals surface area contributed by atoms with Crippen molar-refractivity contribution in [1.82, 2.24) is 9.97 Å². The fourth-order valence-corrected chi connectivity index (χ4v) is 7.75. The number of fused-ring (bicyclic) bond motifs is 1. The number of aromatic nitrogens is 2. The van der Waals surface area contributed by atoms with Crippen LogP contribution in [0, 0.1) is 5.41 Å². The van der Waals surface area contributed by atoms with Gasteiger partial charge in [-0.25, -0.2) is 14.7 Å². The van der Waals surface area contributed by atoms with Gasteiger partial charge in [0.2, 0.25) is 5.95 Å². The van der Waals surface area contributed by atoms with Crippen molar-refractivity contribution < 1.29 is 14.0 Å². The van der Waals surface area contributed by atoms with E-state index in [1.165, 1.54) is 0 Å². The van der Waals surface area contributed by atoms with Crippen LogP contribution in [0.3, 0.4) is 0 Å². The molecule has 0 spiro atoms. The molecule has 0 unspecified atom stereocenters. The third kappa shape index (κ3) is 5.45. The largest absolute Gasteiger partial charge is 0.497 e. The van der Waals surface area contributed by atoms with Crippen LogP contribution in [0.4, 0.5) is 27.9 Å². The summed E-state index contributed by atoms with van der Waals surface area (Å²) in [5.41, 5.74) is 1.86. The number of methoxy groups -OCH3 is 1. The molecular weight excluding hydrogens is 603 g/mol. The second kappa shape index (κ2) is 12.7. The summed E-state index contributed by atoms with van der Waals surface area (Å²) in [5.74, 6) is 1.61. The molecule has 5 aromatic rings. The molecule has 2 heterocycles. The van der Waals surface area contributed by atoms with E-state index >= 15 is 4.79 Å². The van der Waals surface area contributed by atoms with Crippen LogP contribution >= 0.6 is 0 Å². The van der Waals surface area contributed by atoms with E-state index in [1.54, 1.807) is 23.1 Å². The summed E-state index contributed by atoms with van der Waals surface area (Å²) in [7, 11) is 1.96. The van der Waals surface area contributed by atoms with Crippen LogP contribution in [-0.2, 0) is 16.4 Å². The van der Waals surface area contributed by atoms with Gasteiger partial charge < -0.3 is 14.5 Å². The van der Waals surface area contributed by atoms with E-state index in [0.29, 0.717) is 34.5 Å². The molecule has 1 aliphatic heterocycles. The first-order valence-corrected chi connectivity index (χ1v) is 16.6. The average molecular weight is 644 g/mol. The highest BCUT2D eigenvalue weighted by molar-refractivity contribution is 6.07. The molecule has 0 saturated heterocycles. The van der Waals surface area contributed by atoms with Crippen molar-refractivity contribution in [3.05, 3.63) is 138 Å². The monoisotopic (exact) mass is 643 g/mol. The predicted octanol–water partition coefficient (Wildman–Crippen LogP) is 7.22. The Morgan fingerprint density at radius 1 is 0.787 bits per heavy atom. The summed E-state index contributed by atoms with van der Waals surface area (Å²) in [6, 6.07) is 37.8. The number of anilines is 4. The summed E-state index contributed by atoms with van der Waals surface area (Å²) in [6.07, 6.45) is 1.81. The van der Waals surface area contributed by atoms with E-state index < -0.39 is 16.6 Å². The number of amides is 2. The smallest absolute Gasteiger partial charge is 0.332 e. The Bertz CT molecular complexity index is 1790. The van der Waals surface area contributed by atoms with Crippen LogP contribution in [-0.4, -0.2) is 39.3 Å². The molecule has 240 valence electrons. The molecule has 0 fully saturated rings. The number of carbonyl (C=O) groups is 1. The van der Waals surface area contributed by atoms with Gasteiger partial charge in [-0.2, -0.15) is 4.98 Å². The van der Waals surface area contributed by atoms with Crippen molar-refractivity contribution in [1.29, 1.82) is 0 Å². The quantitative estimate of drug-likeness (QED) is 0.171. The minimum atomic E-state index is -1.25. The first-order valence-electron chi connectivity index (χ1n) is 15.7. The number of rotatable bonds is 9. The molecule has 1 N–H and O–H groups in total. The van der Waals surface area contributed by atoms with Crippen molar-refractivity contribution in [3.63, 3.8) is 0 Å². The van der Waals surface area contributed by atoms with Crippen LogP contribution in [0.25, 0.3) is 0 Å². The molecule has 9 heteroatoms. The number of ether oxygens (including phenoxy) is 1. The third-order valence-corrected chi connectivity index (χ3v) is 10.1. The maximum atomic E-state index is 15.2. The lowest BCUT2D eigenvalue weighted by molar-refractivity contribution is -0.0243. The Morgan fingerprint density at radius 3 is 1.85 bits per heavy atom. The SMILES string of the molecule is COc1ccc(N2Cc3cnc(Nc4ccccc4)nc3N([C@](C)(O[SiH3])C(c3ccccc3)(c3ccccc3)C(C)(C)C)C2=O)cc1. The van der Waals surface area contributed by atoms with Gasteiger partial charge in [0.15, 0.2) is 5.72 Å². The molecule has 1 aromatic heterocycles. The molecule has 47 heavy (non-hydrogen) atoms. The summed E-state index contributed by atoms with van der Waals surface area (Å²) in [6.45, 7) is 8.97. The molecule has 8 nitrogen and oxygen atoms in total. The van der Waals surface area contributed by atoms with Crippen LogP contribution in [0.5, 0.6) is 5.75 Å². The first kappa shape index (κ1) is 32.0. The zero-order chi connectivity index (χ0) is 33.2. The number of benzene rings is 4. The lowest BCUT2D eigenvalue weighted by atomic mass is 9.53. The number of hydrogen-bond acceptors (Lipinski definition) is 6. The molecule has 6 rings (SSSR count). The zero-order valence-electron chi connectivity index (χ0n) is 27.8. The predicted molar refractivity (Wildman–Crippen MR) is 191 cm³/mol. The Labute approximate surface area is 279 Å². The van der Waals surface area contributed by atoms with Crippen molar-refractivity contribution in [2.24, 2.45) is 5.41 Å². The maximum Gasteiger partial charge on any atom is 0.332 e. The highest BCUT2D eigenvalue weighted by Crippen LogP contribution is 2.57. The molecule has 0 saturated carbocycles. The molecule has 1 aliphatic rings. The molecule has 0 aliphatic carbocycles. The molecule has 4 aromatic carbocycles. The topological polar surface area (TPSA) is 79.8 Å². The van der Waals surface area contributed by atoms with Crippen molar-refractivity contribution >= 4 is 39.7 Å². The molecule has 2 amide bonds. The van der Waals surface area contributed by atoms with Crippen molar-refractivity contribution in [3.8, 4) is 5.75 Å². The lowest BCUT2D eigenvalue weighted by Crippen LogP contribution is -2.71. The maximum absolute atomic E-state index is 15.2. The van der Waals surface area contributed by atoms with Gasteiger partial charge in [0, 0.05) is 23.1 Å².